The van der Waals surface area contributed by atoms with Crippen LogP contribution < -0.4 is 9.47 Å². The van der Waals surface area contributed by atoms with Crippen molar-refractivity contribution in [2.45, 2.75) is 19.6 Å². The number of rotatable bonds is 5. The average Bonchev–Trinajstić information content (AvgIpc) is 2.45. The standard InChI is InChI=1S/C15H17NO3/c1-11(17)13-7-3-4-8-14(13)19-10-12-6-5-9-15(16-12)18-2/h3-9,11,17H,10H2,1-2H3/t11-/m1/s1. The van der Waals surface area contributed by atoms with E-state index in [0.29, 0.717) is 18.2 Å². The molecule has 4 heteroatoms. The van der Waals surface area contributed by atoms with Gasteiger partial charge in [-0.2, -0.15) is 0 Å². The Bertz CT molecular complexity index is 540. The van der Waals surface area contributed by atoms with Gasteiger partial charge in [0, 0.05) is 11.6 Å². The van der Waals surface area contributed by atoms with Crippen LogP contribution in [0.2, 0.25) is 0 Å². The van der Waals surface area contributed by atoms with Gasteiger partial charge in [-0.25, -0.2) is 4.98 Å². The second kappa shape index (κ2) is 6.20. The van der Waals surface area contributed by atoms with Crippen LogP contribution >= 0.6 is 0 Å². The first kappa shape index (κ1) is 13.4. The van der Waals surface area contributed by atoms with Crippen molar-refractivity contribution in [2.24, 2.45) is 0 Å². The van der Waals surface area contributed by atoms with Crippen molar-refractivity contribution in [3.63, 3.8) is 0 Å². The summed E-state index contributed by atoms with van der Waals surface area (Å²) >= 11 is 0. The Hall–Kier alpha value is -2.07. The van der Waals surface area contributed by atoms with E-state index in [1.807, 2.05) is 36.4 Å². The van der Waals surface area contributed by atoms with E-state index in [2.05, 4.69) is 4.98 Å². The first-order chi connectivity index (χ1) is 9.20. The molecule has 4 nitrogen and oxygen atoms in total. The van der Waals surface area contributed by atoms with Crippen LogP contribution in [-0.4, -0.2) is 17.2 Å². The molecule has 0 radical (unpaired) electrons. The van der Waals surface area contributed by atoms with Gasteiger partial charge in [-0.3, -0.25) is 0 Å². The average molecular weight is 259 g/mol. The molecule has 0 fully saturated rings. The Morgan fingerprint density at radius 2 is 1.95 bits per heavy atom. The molecule has 0 aliphatic rings. The van der Waals surface area contributed by atoms with Crippen LogP contribution in [0.15, 0.2) is 42.5 Å². The van der Waals surface area contributed by atoms with Gasteiger partial charge in [-0.05, 0) is 19.1 Å². The summed E-state index contributed by atoms with van der Waals surface area (Å²) in [6.45, 7) is 2.05. The van der Waals surface area contributed by atoms with Gasteiger partial charge in [0.25, 0.3) is 0 Å². The molecule has 0 saturated heterocycles. The lowest BCUT2D eigenvalue weighted by Crippen LogP contribution is -2.02. The summed E-state index contributed by atoms with van der Waals surface area (Å²) < 4.78 is 10.8. The van der Waals surface area contributed by atoms with Crippen LogP contribution in [0, 0.1) is 0 Å². The minimum atomic E-state index is -0.561. The predicted octanol–water partition coefficient (Wildman–Crippen LogP) is 2.72. The predicted molar refractivity (Wildman–Crippen MR) is 72.2 cm³/mol. The molecule has 0 spiro atoms. The summed E-state index contributed by atoms with van der Waals surface area (Å²) in [6.07, 6.45) is -0.561. The molecule has 1 N–H and O–H groups in total. The van der Waals surface area contributed by atoms with Gasteiger partial charge in [0.15, 0.2) is 0 Å². The topological polar surface area (TPSA) is 51.6 Å². The van der Waals surface area contributed by atoms with Gasteiger partial charge in [0.05, 0.1) is 18.9 Å². The second-order valence-corrected chi connectivity index (χ2v) is 4.17. The Morgan fingerprint density at radius 3 is 2.68 bits per heavy atom. The maximum absolute atomic E-state index is 9.67. The zero-order chi connectivity index (χ0) is 13.7. The van der Waals surface area contributed by atoms with Crippen molar-refractivity contribution in [1.82, 2.24) is 4.98 Å². The Labute approximate surface area is 112 Å². The number of hydrogen-bond donors (Lipinski definition) is 1. The molecule has 0 amide bonds. The highest BCUT2D eigenvalue weighted by Gasteiger charge is 2.08. The third kappa shape index (κ3) is 3.45. The van der Waals surface area contributed by atoms with E-state index in [4.69, 9.17) is 9.47 Å². The molecule has 0 saturated carbocycles. The first-order valence-corrected chi connectivity index (χ1v) is 6.10. The number of pyridine rings is 1. The molecule has 1 aromatic heterocycles. The number of hydrogen-bond acceptors (Lipinski definition) is 4. The van der Waals surface area contributed by atoms with Crippen molar-refractivity contribution in [1.29, 1.82) is 0 Å². The van der Waals surface area contributed by atoms with E-state index in [1.54, 1.807) is 20.1 Å². The number of ether oxygens (including phenoxy) is 2. The van der Waals surface area contributed by atoms with E-state index in [1.165, 1.54) is 0 Å². The molecule has 0 aliphatic carbocycles. The van der Waals surface area contributed by atoms with Gasteiger partial charge in [-0.1, -0.05) is 24.3 Å². The van der Waals surface area contributed by atoms with Gasteiger partial charge < -0.3 is 14.6 Å². The molecule has 1 aromatic carbocycles. The summed E-state index contributed by atoms with van der Waals surface area (Å²) in [5.41, 5.74) is 1.55. The Kier molecular flexibility index (Phi) is 4.36. The quantitative estimate of drug-likeness (QED) is 0.897. The number of nitrogens with zero attached hydrogens (tertiary/aromatic N) is 1. The van der Waals surface area contributed by atoms with Crippen molar-refractivity contribution >= 4 is 0 Å². The van der Waals surface area contributed by atoms with Crippen LogP contribution in [0.3, 0.4) is 0 Å². The van der Waals surface area contributed by atoms with E-state index in [-0.39, 0.29) is 0 Å². The first-order valence-electron chi connectivity index (χ1n) is 6.10. The summed E-state index contributed by atoms with van der Waals surface area (Å²) in [7, 11) is 1.58. The smallest absolute Gasteiger partial charge is 0.213 e. The molecule has 2 aromatic rings. The molecule has 1 atom stereocenters. The Morgan fingerprint density at radius 1 is 1.16 bits per heavy atom. The van der Waals surface area contributed by atoms with Crippen LogP contribution in [0.4, 0.5) is 0 Å². The van der Waals surface area contributed by atoms with Crippen LogP contribution in [0.25, 0.3) is 0 Å². The van der Waals surface area contributed by atoms with E-state index in [0.717, 1.165) is 11.3 Å². The van der Waals surface area contributed by atoms with Crippen molar-refractivity contribution in [2.75, 3.05) is 7.11 Å². The molecule has 0 aliphatic heterocycles. The molecule has 100 valence electrons. The fourth-order valence-electron chi connectivity index (χ4n) is 1.76. The van der Waals surface area contributed by atoms with Crippen molar-refractivity contribution in [3.05, 3.63) is 53.7 Å². The monoisotopic (exact) mass is 259 g/mol. The summed E-state index contributed by atoms with van der Waals surface area (Å²) in [5.74, 6) is 1.23. The van der Waals surface area contributed by atoms with Crippen molar-refractivity contribution in [3.8, 4) is 11.6 Å². The number of aliphatic hydroxyl groups is 1. The zero-order valence-corrected chi connectivity index (χ0v) is 11.0. The van der Waals surface area contributed by atoms with Crippen LogP contribution in [0.1, 0.15) is 24.3 Å². The molecule has 1 heterocycles. The summed E-state index contributed by atoms with van der Waals surface area (Å²) in [6, 6.07) is 13.0. The third-order valence-corrected chi connectivity index (χ3v) is 2.74. The lowest BCUT2D eigenvalue weighted by atomic mass is 10.1. The minimum absolute atomic E-state index is 0.334. The van der Waals surface area contributed by atoms with E-state index in [9.17, 15) is 5.11 Å². The summed E-state index contributed by atoms with van der Waals surface area (Å²) in [5, 5.41) is 9.67. The maximum Gasteiger partial charge on any atom is 0.213 e. The van der Waals surface area contributed by atoms with E-state index < -0.39 is 6.10 Å². The maximum atomic E-state index is 9.67. The highest BCUT2D eigenvalue weighted by Crippen LogP contribution is 2.25. The lowest BCUT2D eigenvalue weighted by Gasteiger charge is -2.13. The molecule has 2 rings (SSSR count). The highest BCUT2D eigenvalue weighted by molar-refractivity contribution is 5.34. The fraction of sp³-hybridized carbons (Fsp3) is 0.267. The number of benzene rings is 1. The highest BCUT2D eigenvalue weighted by atomic mass is 16.5. The Balaban J connectivity index is 2.10. The molecular formula is C15H17NO3. The fourth-order valence-corrected chi connectivity index (χ4v) is 1.76. The minimum Gasteiger partial charge on any atom is -0.487 e. The molecule has 19 heavy (non-hydrogen) atoms. The number of methoxy groups -OCH3 is 1. The molecule has 0 unspecified atom stereocenters. The number of aromatic nitrogens is 1. The number of aliphatic hydroxyl groups excluding tert-OH is 1. The van der Waals surface area contributed by atoms with Gasteiger partial charge in [-0.15, -0.1) is 0 Å². The zero-order valence-electron chi connectivity index (χ0n) is 11.0. The normalized spacial score (nSPS) is 11.9. The van der Waals surface area contributed by atoms with Crippen molar-refractivity contribution < 1.29 is 14.6 Å². The van der Waals surface area contributed by atoms with Gasteiger partial charge >= 0.3 is 0 Å². The van der Waals surface area contributed by atoms with E-state index >= 15 is 0 Å². The van der Waals surface area contributed by atoms with Crippen LogP contribution in [-0.2, 0) is 6.61 Å². The van der Waals surface area contributed by atoms with Crippen LogP contribution in [0.5, 0.6) is 11.6 Å². The second-order valence-electron chi connectivity index (χ2n) is 4.17. The molecule has 0 bridgehead atoms. The summed E-state index contributed by atoms with van der Waals surface area (Å²) in [4.78, 5) is 4.27. The SMILES string of the molecule is COc1cccc(COc2ccccc2[C@@H](C)O)n1. The van der Waals surface area contributed by atoms with Gasteiger partial charge in [0.1, 0.15) is 12.4 Å². The largest absolute Gasteiger partial charge is 0.487 e. The lowest BCUT2D eigenvalue weighted by molar-refractivity contribution is 0.189. The van der Waals surface area contributed by atoms with Gasteiger partial charge in [0.2, 0.25) is 5.88 Å². The molecular weight excluding hydrogens is 242 g/mol. The number of para-hydroxylation sites is 1. The third-order valence-electron chi connectivity index (χ3n) is 2.74.